The molecule has 45 heavy (non-hydrogen) atoms. The van der Waals surface area contributed by atoms with Gasteiger partial charge in [0, 0.05) is 63.6 Å². The van der Waals surface area contributed by atoms with Crippen molar-refractivity contribution in [2.45, 2.75) is 76.3 Å². The molecule has 252 valence electrons. The second kappa shape index (κ2) is 19.3. The van der Waals surface area contributed by atoms with Gasteiger partial charge in [-0.1, -0.05) is 0 Å². The van der Waals surface area contributed by atoms with Gasteiger partial charge < -0.3 is 40.1 Å². The summed E-state index contributed by atoms with van der Waals surface area (Å²) in [6, 6.07) is 5.18. The maximum Gasteiger partial charge on any atom is 0.139 e. The first-order valence-corrected chi connectivity index (χ1v) is 17.0. The second-order valence-corrected chi connectivity index (χ2v) is 12.9. The van der Waals surface area contributed by atoms with Crippen molar-refractivity contribution in [3.63, 3.8) is 0 Å². The number of halogens is 1. The van der Waals surface area contributed by atoms with Gasteiger partial charge in [0.25, 0.3) is 0 Å². The molecule has 4 fully saturated rings. The van der Waals surface area contributed by atoms with Crippen LogP contribution >= 0.6 is 12.4 Å². The van der Waals surface area contributed by atoms with Crippen LogP contribution in [0.2, 0.25) is 0 Å². The minimum atomic E-state index is 0. The molecule has 4 atom stereocenters. The molecule has 4 saturated heterocycles. The highest BCUT2D eigenvalue weighted by molar-refractivity contribution is 5.85. The Morgan fingerprint density at radius 1 is 0.689 bits per heavy atom. The molecule has 4 N–H and O–H groups in total. The van der Waals surface area contributed by atoms with Gasteiger partial charge in [-0.05, 0) is 89.1 Å². The minimum absolute atomic E-state index is 0. The number of aliphatic hydroxyl groups is 2. The third-order valence-electron chi connectivity index (χ3n) is 9.47. The third-order valence-corrected chi connectivity index (χ3v) is 9.47. The summed E-state index contributed by atoms with van der Waals surface area (Å²) in [6.45, 7) is 8.55. The fourth-order valence-electron chi connectivity index (χ4n) is 6.88. The van der Waals surface area contributed by atoms with Crippen molar-refractivity contribution < 1.29 is 19.7 Å². The number of aromatic nitrogens is 2. The van der Waals surface area contributed by atoms with Crippen molar-refractivity contribution in [1.82, 2.24) is 20.6 Å². The van der Waals surface area contributed by atoms with E-state index in [4.69, 9.17) is 19.7 Å². The molecule has 0 amide bonds. The molecular weight excluding hydrogens is 592 g/mol. The van der Waals surface area contributed by atoms with Crippen LogP contribution in [0.25, 0.3) is 0 Å². The summed E-state index contributed by atoms with van der Waals surface area (Å²) in [7, 11) is 0. The fourth-order valence-corrected chi connectivity index (χ4v) is 6.88. The molecule has 4 aliphatic heterocycles. The quantitative estimate of drug-likeness (QED) is 0.240. The average Bonchev–Trinajstić information content (AvgIpc) is 3.90. The van der Waals surface area contributed by atoms with Crippen molar-refractivity contribution in [2.75, 3.05) is 75.5 Å². The number of pyridine rings is 2. The maximum atomic E-state index is 8.95. The molecule has 0 bridgehead atoms. The summed E-state index contributed by atoms with van der Waals surface area (Å²) in [4.78, 5) is 13.4. The van der Waals surface area contributed by atoms with Gasteiger partial charge in [0.05, 0.1) is 36.2 Å². The Morgan fingerprint density at radius 2 is 1.16 bits per heavy atom. The second-order valence-electron chi connectivity index (χ2n) is 12.9. The largest absolute Gasteiger partial charge is 0.490 e. The highest BCUT2D eigenvalue weighted by atomic mass is 35.5. The summed E-state index contributed by atoms with van der Waals surface area (Å²) in [5, 5.41) is 24.8. The van der Waals surface area contributed by atoms with Gasteiger partial charge in [0.1, 0.15) is 24.7 Å². The zero-order valence-corrected chi connectivity index (χ0v) is 27.6. The van der Waals surface area contributed by atoms with E-state index in [2.05, 4.69) is 42.5 Å². The summed E-state index contributed by atoms with van der Waals surface area (Å²) >= 11 is 0. The topological polar surface area (TPSA) is 115 Å². The first-order valence-electron chi connectivity index (χ1n) is 17.0. The van der Waals surface area contributed by atoms with Gasteiger partial charge in [-0.2, -0.15) is 0 Å². The minimum Gasteiger partial charge on any atom is -0.490 e. The van der Waals surface area contributed by atoms with Crippen molar-refractivity contribution in [2.24, 2.45) is 11.8 Å². The Kier molecular flexibility index (Phi) is 15.2. The molecule has 10 nitrogen and oxygen atoms in total. The zero-order valence-electron chi connectivity index (χ0n) is 26.8. The predicted octanol–water partition coefficient (Wildman–Crippen LogP) is 4.04. The first kappa shape index (κ1) is 35.5. The molecule has 0 aliphatic carbocycles. The van der Waals surface area contributed by atoms with E-state index in [9.17, 15) is 0 Å². The van der Waals surface area contributed by atoms with Crippen LogP contribution in [0.15, 0.2) is 36.9 Å². The van der Waals surface area contributed by atoms with Crippen LogP contribution in [0, 0.1) is 11.8 Å². The van der Waals surface area contributed by atoms with Crippen LogP contribution in [-0.4, -0.2) is 98.0 Å². The smallest absolute Gasteiger partial charge is 0.139 e. The molecule has 0 saturated carbocycles. The summed E-state index contributed by atoms with van der Waals surface area (Å²) in [6.07, 6.45) is 18.8. The average molecular weight is 647 g/mol. The maximum absolute atomic E-state index is 8.95. The predicted molar refractivity (Wildman–Crippen MR) is 182 cm³/mol. The number of rotatable bonds is 14. The highest BCUT2D eigenvalue weighted by Gasteiger charge is 2.24. The molecule has 0 aromatic carbocycles. The van der Waals surface area contributed by atoms with E-state index in [0.29, 0.717) is 37.1 Å². The first-order chi connectivity index (χ1) is 21.7. The number of nitrogens with one attached hydrogen (secondary N) is 2. The Hall–Kier alpha value is -2.37. The van der Waals surface area contributed by atoms with Crippen LogP contribution in [0.5, 0.6) is 11.5 Å². The van der Waals surface area contributed by atoms with E-state index in [0.717, 1.165) is 101 Å². The lowest BCUT2D eigenvalue weighted by Crippen LogP contribution is -2.28. The highest BCUT2D eigenvalue weighted by Crippen LogP contribution is 2.29. The van der Waals surface area contributed by atoms with Crippen LogP contribution in [-0.2, 0) is 0 Å². The Balaban J connectivity index is 0.000000200. The molecule has 0 unspecified atom stereocenters. The molecule has 6 rings (SSSR count). The lowest BCUT2D eigenvalue weighted by atomic mass is 10.0. The van der Waals surface area contributed by atoms with Gasteiger partial charge in [-0.15, -0.1) is 12.4 Å². The number of hydrogen-bond donors (Lipinski definition) is 4. The van der Waals surface area contributed by atoms with Gasteiger partial charge in [0.2, 0.25) is 0 Å². The number of ether oxygens (including phenoxy) is 2. The number of anilines is 2. The monoisotopic (exact) mass is 646 g/mol. The van der Waals surface area contributed by atoms with Crippen molar-refractivity contribution in [3.05, 3.63) is 36.9 Å². The summed E-state index contributed by atoms with van der Waals surface area (Å²) in [5.74, 6) is 3.12. The molecule has 6 heterocycles. The number of aliphatic hydroxyl groups excluding tert-OH is 2. The normalized spacial score (nSPS) is 24.3. The molecule has 11 heteroatoms. The molecular formula is C34H55ClN6O4. The van der Waals surface area contributed by atoms with Gasteiger partial charge in [-0.3, -0.25) is 9.97 Å². The SMILES string of the molecule is Cl.OCCC[C@H]1CCN(c2cncc(OC[C@@H]3CCCN3)c2)C1.OCCC[C@H]1CCN(c2cncc(OC[C@@H]3CCCN3)c2)C1. The van der Waals surface area contributed by atoms with E-state index in [1.54, 1.807) is 12.4 Å². The lowest BCUT2D eigenvalue weighted by molar-refractivity contribution is 0.273. The van der Waals surface area contributed by atoms with E-state index >= 15 is 0 Å². The molecule has 2 aromatic heterocycles. The third kappa shape index (κ3) is 11.4. The van der Waals surface area contributed by atoms with Crippen LogP contribution in [0.4, 0.5) is 11.4 Å². The van der Waals surface area contributed by atoms with E-state index in [1.165, 1.54) is 38.5 Å². The van der Waals surface area contributed by atoms with Crippen molar-refractivity contribution in [1.29, 1.82) is 0 Å². The molecule has 0 spiro atoms. The van der Waals surface area contributed by atoms with E-state index in [1.807, 2.05) is 12.4 Å². The van der Waals surface area contributed by atoms with Crippen molar-refractivity contribution >= 4 is 23.8 Å². The van der Waals surface area contributed by atoms with Crippen LogP contribution in [0.1, 0.15) is 64.2 Å². The summed E-state index contributed by atoms with van der Waals surface area (Å²) < 4.78 is 11.8. The van der Waals surface area contributed by atoms with Gasteiger partial charge in [0.15, 0.2) is 0 Å². The fraction of sp³-hybridized carbons (Fsp3) is 0.706. The van der Waals surface area contributed by atoms with E-state index < -0.39 is 0 Å². The van der Waals surface area contributed by atoms with Crippen LogP contribution < -0.4 is 29.9 Å². The van der Waals surface area contributed by atoms with Gasteiger partial charge >= 0.3 is 0 Å². The number of nitrogens with zero attached hydrogens (tertiary/aromatic N) is 4. The molecule has 2 aromatic rings. The van der Waals surface area contributed by atoms with Crippen molar-refractivity contribution in [3.8, 4) is 11.5 Å². The Morgan fingerprint density at radius 3 is 1.56 bits per heavy atom. The molecule has 4 aliphatic rings. The Labute approximate surface area is 275 Å². The Bertz CT molecular complexity index is 1020. The molecule has 0 radical (unpaired) electrons. The lowest BCUT2D eigenvalue weighted by Gasteiger charge is -2.19. The number of hydrogen-bond acceptors (Lipinski definition) is 10. The van der Waals surface area contributed by atoms with E-state index in [-0.39, 0.29) is 12.4 Å². The standard InChI is InChI=1S/2C17H27N3O2.ClH/c2*21-8-2-3-14-5-7-20(12-14)16-9-17(11-18-10-16)22-13-15-4-1-6-19-15;/h2*9-11,14-15,19,21H,1-8,12-13H2;1H/t2*14-,15-;/m00./s1. The van der Waals surface area contributed by atoms with Crippen LogP contribution in [0.3, 0.4) is 0 Å². The van der Waals surface area contributed by atoms with Gasteiger partial charge in [-0.25, -0.2) is 0 Å². The summed E-state index contributed by atoms with van der Waals surface area (Å²) in [5.41, 5.74) is 2.31. The zero-order chi connectivity index (χ0) is 30.4.